The predicted octanol–water partition coefficient (Wildman–Crippen LogP) is 3.78. The molecule has 2 rings (SSSR count). The first kappa shape index (κ1) is 19.6. The monoisotopic (exact) mass is 357 g/mol. The molecule has 0 aliphatic rings. The lowest BCUT2D eigenvalue weighted by Crippen LogP contribution is -2.38. The molecule has 1 atom stereocenters. The zero-order chi connectivity index (χ0) is 18.9. The van der Waals surface area contributed by atoms with Gasteiger partial charge in [-0.2, -0.15) is 0 Å². The Labute approximate surface area is 155 Å². The Balaban J connectivity index is 1.73. The number of rotatable bonds is 9. The molecular weight excluding hydrogens is 330 g/mol. The highest BCUT2D eigenvalue weighted by molar-refractivity contribution is 5.80. The summed E-state index contributed by atoms with van der Waals surface area (Å²) in [6.45, 7) is 6.77. The maximum absolute atomic E-state index is 12.2. The van der Waals surface area contributed by atoms with Crippen LogP contribution in [0.2, 0.25) is 0 Å². The van der Waals surface area contributed by atoms with Crippen LogP contribution in [0.5, 0.6) is 17.2 Å². The summed E-state index contributed by atoms with van der Waals surface area (Å²) in [5.74, 6) is 2.46. The Kier molecular flexibility index (Phi) is 7.33. The molecule has 5 nitrogen and oxygen atoms in total. The van der Waals surface area contributed by atoms with Crippen LogP contribution in [0.4, 0.5) is 0 Å². The molecule has 1 N–H and O–H groups in total. The summed E-state index contributed by atoms with van der Waals surface area (Å²) >= 11 is 0. The second kappa shape index (κ2) is 9.70. The molecule has 0 aromatic heterocycles. The molecule has 0 aliphatic heterocycles. The van der Waals surface area contributed by atoms with E-state index in [1.54, 1.807) is 14.0 Å². The van der Waals surface area contributed by atoms with E-state index in [2.05, 4.69) is 25.2 Å². The SMILES string of the molecule is COc1ccc(OCCNC(=O)C(C)Oc2cccc(C(C)C)c2)cc1. The van der Waals surface area contributed by atoms with Crippen molar-refractivity contribution in [3.05, 3.63) is 54.1 Å². The Bertz CT molecular complexity index is 697. The van der Waals surface area contributed by atoms with Crippen molar-refractivity contribution in [1.29, 1.82) is 0 Å². The minimum Gasteiger partial charge on any atom is -0.497 e. The largest absolute Gasteiger partial charge is 0.497 e. The standard InChI is InChI=1S/C21H27NO4/c1-15(2)17-6-5-7-20(14-17)26-16(3)21(23)22-12-13-25-19-10-8-18(24-4)9-11-19/h5-11,14-16H,12-13H2,1-4H3,(H,22,23). The van der Waals surface area contributed by atoms with E-state index >= 15 is 0 Å². The summed E-state index contributed by atoms with van der Waals surface area (Å²) in [5.41, 5.74) is 1.18. The third-order valence-electron chi connectivity index (χ3n) is 3.94. The number of amides is 1. The van der Waals surface area contributed by atoms with Crippen LogP contribution in [0.3, 0.4) is 0 Å². The number of methoxy groups -OCH3 is 1. The molecule has 0 bridgehead atoms. The van der Waals surface area contributed by atoms with E-state index in [1.807, 2.05) is 42.5 Å². The molecule has 2 aromatic rings. The summed E-state index contributed by atoms with van der Waals surface area (Å²) in [6.07, 6.45) is -0.571. The third-order valence-corrected chi connectivity index (χ3v) is 3.94. The molecule has 0 radical (unpaired) electrons. The predicted molar refractivity (Wildman–Crippen MR) is 102 cm³/mol. The van der Waals surface area contributed by atoms with Crippen LogP contribution >= 0.6 is 0 Å². The Hall–Kier alpha value is -2.69. The maximum Gasteiger partial charge on any atom is 0.260 e. The lowest BCUT2D eigenvalue weighted by Gasteiger charge is -2.16. The fraction of sp³-hybridized carbons (Fsp3) is 0.381. The molecule has 0 saturated carbocycles. The van der Waals surface area contributed by atoms with E-state index in [-0.39, 0.29) is 5.91 Å². The molecule has 0 heterocycles. The minimum atomic E-state index is -0.571. The first-order chi connectivity index (χ1) is 12.5. The molecule has 0 fully saturated rings. The van der Waals surface area contributed by atoms with Gasteiger partial charge >= 0.3 is 0 Å². The van der Waals surface area contributed by atoms with E-state index in [4.69, 9.17) is 14.2 Å². The van der Waals surface area contributed by atoms with Crippen LogP contribution in [0.25, 0.3) is 0 Å². The Morgan fingerprint density at radius 3 is 2.35 bits per heavy atom. The first-order valence-corrected chi connectivity index (χ1v) is 8.80. The molecule has 0 aliphatic carbocycles. The highest BCUT2D eigenvalue weighted by Gasteiger charge is 2.14. The molecule has 5 heteroatoms. The van der Waals surface area contributed by atoms with Crippen molar-refractivity contribution in [2.45, 2.75) is 32.8 Å². The van der Waals surface area contributed by atoms with Crippen LogP contribution in [0.1, 0.15) is 32.3 Å². The second-order valence-electron chi connectivity index (χ2n) is 6.30. The molecule has 0 spiro atoms. The average Bonchev–Trinajstić information content (AvgIpc) is 2.65. The number of hydrogen-bond acceptors (Lipinski definition) is 4. The topological polar surface area (TPSA) is 56.8 Å². The van der Waals surface area contributed by atoms with Crippen LogP contribution in [-0.4, -0.2) is 32.3 Å². The van der Waals surface area contributed by atoms with Gasteiger partial charge in [0.05, 0.1) is 13.7 Å². The summed E-state index contributed by atoms with van der Waals surface area (Å²) in [4.78, 5) is 12.2. The summed E-state index contributed by atoms with van der Waals surface area (Å²) in [5, 5.41) is 2.82. The van der Waals surface area contributed by atoms with Crippen molar-refractivity contribution >= 4 is 5.91 Å². The van der Waals surface area contributed by atoms with Gasteiger partial charge in [0.15, 0.2) is 6.10 Å². The summed E-state index contributed by atoms with van der Waals surface area (Å²) in [6, 6.07) is 15.1. The van der Waals surface area contributed by atoms with Crippen LogP contribution < -0.4 is 19.5 Å². The van der Waals surface area contributed by atoms with E-state index in [1.165, 1.54) is 5.56 Å². The lowest BCUT2D eigenvalue weighted by atomic mass is 10.0. The van der Waals surface area contributed by atoms with Crippen molar-refractivity contribution in [3.8, 4) is 17.2 Å². The number of hydrogen-bond donors (Lipinski definition) is 1. The van der Waals surface area contributed by atoms with Gasteiger partial charge in [-0.05, 0) is 54.8 Å². The van der Waals surface area contributed by atoms with Gasteiger partial charge < -0.3 is 19.5 Å². The van der Waals surface area contributed by atoms with Gasteiger partial charge in [0.25, 0.3) is 5.91 Å². The van der Waals surface area contributed by atoms with Crippen LogP contribution in [-0.2, 0) is 4.79 Å². The van der Waals surface area contributed by atoms with Crippen LogP contribution in [0, 0.1) is 0 Å². The zero-order valence-electron chi connectivity index (χ0n) is 15.8. The molecule has 2 aromatic carbocycles. The normalized spacial score (nSPS) is 11.7. The first-order valence-electron chi connectivity index (χ1n) is 8.80. The molecular formula is C21H27NO4. The fourth-order valence-corrected chi connectivity index (χ4v) is 2.36. The quantitative estimate of drug-likeness (QED) is 0.694. The Morgan fingerprint density at radius 1 is 1.00 bits per heavy atom. The maximum atomic E-state index is 12.2. The van der Waals surface area contributed by atoms with E-state index in [0.29, 0.717) is 24.8 Å². The fourth-order valence-electron chi connectivity index (χ4n) is 2.36. The van der Waals surface area contributed by atoms with Gasteiger partial charge in [-0.25, -0.2) is 0 Å². The molecule has 140 valence electrons. The summed E-state index contributed by atoms with van der Waals surface area (Å²) < 4.78 is 16.4. The third kappa shape index (κ3) is 5.99. The van der Waals surface area contributed by atoms with Gasteiger partial charge in [0.1, 0.15) is 23.9 Å². The van der Waals surface area contributed by atoms with Crippen molar-refractivity contribution in [1.82, 2.24) is 5.32 Å². The smallest absolute Gasteiger partial charge is 0.260 e. The van der Waals surface area contributed by atoms with Crippen molar-refractivity contribution in [2.24, 2.45) is 0 Å². The molecule has 1 unspecified atom stereocenters. The molecule has 0 saturated heterocycles. The van der Waals surface area contributed by atoms with Gasteiger partial charge in [-0.3, -0.25) is 4.79 Å². The van der Waals surface area contributed by atoms with Crippen molar-refractivity contribution in [2.75, 3.05) is 20.3 Å². The summed E-state index contributed by atoms with van der Waals surface area (Å²) in [7, 11) is 1.62. The Morgan fingerprint density at radius 2 is 1.69 bits per heavy atom. The number of nitrogens with one attached hydrogen (secondary N) is 1. The second-order valence-corrected chi connectivity index (χ2v) is 6.30. The molecule has 26 heavy (non-hydrogen) atoms. The number of benzene rings is 2. The lowest BCUT2D eigenvalue weighted by molar-refractivity contribution is -0.127. The van der Waals surface area contributed by atoms with Crippen LogP contribution in [0.15, 0.2) is 48.5 Å². The number of ether oxygens (including phenoxy) is 3. The van der Waals surface area contributed by atoms with E-state index in [9.17, 15) is 4.79 Å². The van der Waals surface area contributed by atoms with Gasteiger partial charge in [-0.1, -0.05) is 26.0 Å². The highest BCUT2D eigenvalue weighted by atomic mass is 16.5. The van der Waals surface area contributed by atoms with Gasteiger partial charge in [0, 0.05) is 0 Å². The zero-order valence-corrected chi connectivity index (χ0v) is 15.8. The van der Waals surface area contributed by atoms with Crippen molar-refractivity contribution < 1.29 is 19.0 Å². The van der Waals surface area contributed by atoms with E-state index in [0.717, 1.165) is 11.5 Å². The number of carbonyl (C=O) groups is 1. The van der Waals surface area contributed by atoms with E-state index < -0.39 is 6.10 Å². The van der Waals surface area contributed by atoms with Crippen molar-refractivity contribution in [3.63, 3.8) is 0 Å². The molecule has 1 amide bonds. The highest BCUT2D eigenvalue weighted by Crippen LogP contribution is 2.21. The average molecular weight is 357 g/mol. The minimum absolute atomic E-state index is 0.168. The van der Waals surface area contributed by atoms with Gasteiger partial charge in [0.2, 0.25) is 0 Å². The van der Waals surface area contributed by atoms with Gasteiger partial charge in [-0.15, -0.1) is 0 Å². The number of carbonyl (C=O) groups excluding carboxylic acids is 1.